The highest BCUT2D eigenvalue weighted by molar-refractivity contribution is 6.70. The molecule has 3 heteroatoms. The largest absolute Gasteiger partial charge is 0.418 e. The SMILES string of the molecule is CO[Si](C)(C)CO. The third-order valence-corrected chi connectivity index (χ3v) is 2.80. The van der Waals surface area contributed by atoms with Crippen molar-refractivity contribution >= 4 is 8.32 Å². The smallest absolute Gasteiger partial charge is 0.211 e. The molecule has 2 nitrogen and oxygen atoms in total. The molecule has 0 heterocycles. The van der Waals surface area contributed by atoms with E-state index in [0.717, 1.165) is 0 Å². The van der Waals surface area contributed by atoms with Crippen LogP contribution in [0.1, 0.15) is 0 Å². The van der Waals surface area contributed by atoms with Crippen molar-refractivity contribution in [1.82, 2.24) is 0 Å². The minimum Gasteiger partial charge on any atom is -0.418 e. The van der Waals surface area contributed by atoms with Gasteiger partial charge in [-0.1, -0.05) is 0 Å². The Balaban J connectivity index is 3.36. The van der Waals surface area contributed by atoms with Crippen LogP contribution in [0.5, 0.6) is 0 Å². The van der Waals surface area contributed by atoms with E-state index < -0.39 is 8.32 Å². The van der Waals surface area contributed by atoms with Gasteiger partial charge in [-0.25, -0.2) is 0 Å². The van der Waals surface area contributed by atoms with Crippen LogP contribution < -0.4 is 0 Å². The Kier molecular flexibility index (Phi) is 2.49. The van der Waals surface area contributed by atoms with Gasteiger partial charge in [0.05, 0.1) is 6.23 Å². The molecule has 0 spiro atoms. The van der Waals surface area contributed by atoms with Crippen LogP contribution in [0.15, 0.2) is 0 Å². The maximum Gasteiger partial charge on any atom is 0.211 e. The van der Waals surface area contributed by atoms with Crippen molar-refractivity contribution in [3.05, 3.63) is 0 Å². The second-order valence-corrected chi connectivity index (χ2v) is 6.37. The van der Waals surface area contributed by atoms with E-state index in [-0.39, 0.29) is 6.23 Å². The Morgan fingerprint density at radius 3 is 2.00 bits per heavy atom. The summed E-state index contributed by atoms with van der Waals surface area (Å²) in [6, 6.07) is 0. The zero-order valence-corrected chi connectivity index (χ0v) is 6.06. The molecule has 0 fully saturated rings. The summed E-state index contributed by atoms with van der Waals surface area (Å²) in [4.78, 5) is 0. The number of aliphatic hydroxyl groups is 1. The van der Waals surface area contributed by atoms with Crippen LogP contribution in [0.3, 0.4) is 0 Å². The quantitative estimate of drug-likeness (QED) is 0.533. The summed E-state index contributed by atoms with van der Waals surface area (Å²) >= 11 is 0. The number of hydrogen-bond acceptors (Lipinski definition) is 2. The van der Waals surface area contributed by atoms with E-state index in [9.17, 15) is 0 Å². The molecule has 1 N–H and O–H groups in total. The van der Waals surface area contributed by atoms with Crippen LogP contribution in [-0.2, 0) is 4.43 Å². The second kappa shape index (κ2) is 2.45. The molecule has 0 saturated carbocycles. The van der Waals surface area contributed by atoms with Crippen LogP contribution in [0.2, 0.25) is 13.1 Å². The third kappa shape index (κ3) is 2.79. The summed E-state index contributed by atoms with van der Waals surface area (Å²) < 4.78 is 4.98. The first-order valence-corrected chi connectivity index (χ1v) is 5.40. The first kappa shape index (κ1) is 7.14. The van der Waals surface area contributed by atoms with Gasteiger partial charge in [-0.3, -0.25) is 0 Å². The van der Waals surface area contributed by atoms with Crippen LogP contribution in [0, 0.1) is 0 Å². The van der Waals surface area contributed by atoms with Gasteiger partial charge in [0, 0.05) is 7.11 Å². The van der Waals surface area contributed by atoms with Gasteiger partial charge in [-0.15, -0.1) is 0 Å². The second-order valence-electron chi connectivity index (χ2n) is 2.12. The first-order chi connectivity index (χ1) is 3.12. The van der Waals surface area contributed by atoms with E-state index in [1.807, 2.05) is 13.1 Å². The van der Waals surface area contributed by atoms with Crippen molar-refractivity contribution in [3.8, 4) is 0 Å². The van der Waals surface area contributed by atoms with E-state index in [2.05, 4.69) is 0 Å². The van der Waals surface area contributed by atoms with E-state index >= 15 is 0 Å². The van der Waals surface area contributed by atoms with Gasteiger partial charge in [-0.05, 0) is 13.1 Å². The fourth-order valence-electron chi connectivity index (χ4n) is 0.0645. The lowest BCUT2D eigenvalue weighted by Gasteiger charge is -2.14. The average Bonchev–Trinajstić information content (AvgIpc) is 1.68. The molecule has 7 heavy (non-hydrogen) atoms. The summed E-state index contributed by atoms with van der Waals surface area (Å²) in [5.74, 6) is 0. The Morgan fingerprint density at radius 2 is 2.00 bits per heavy atom. The van der Waals surface area contributed by atoms with Crippen LogP contribution in [-0.4, -0.2) is 26.8 Å². The van der Waals surface area contributed by atoms with Gasteiger partial charge < -0.3 is 9.53 Å². The highest BCUT2D eigenvalue weighted by atomic mass is 28.4. The topological polar surface area (TPSA) is 29.5 Å². The first-order valence-electron chi connectivity index (χ1n) is 2.28. The van der Waals surface area contributed by atoms with E-state index in [4.69, 9.17) is 9.53 Å². The molecular weight excluding hydrogens is 108 g/mol. The van der Waals surface area contributed by atoms with Gasteiger partial charge in [0.15, 0.2) is 0 Å². The molecule has 0 saturated heterocycles. The molecule has 0 unspecified atom stereocenters. The van der Waals surface area contributed by atoms with E-state index in [1.54, 1.807) is 7.11 Å². The molecule has 0 aromatic rings. The molecular formula is C4H12O2Si. The fraction of sp³-hybridized carbons (Fsp3) is 1.00. The molecule has 0 aromatic heterocycles. The zero-order valence-electron chi connectivity index (χ0n) is 5.06. The summed E-state index contributed by atoms with van der Waals surface area (Å²) in [5.41, 5.74) is 0. The number of rotatable bonds is 2. The van der Waals surface area contributed by atoms with Crippen molar-refractivity contribution in [2.45, 2.75) is 13.1 Å². The summed E-state index contributed by atoms with van der Waals surface area (Å²) in [6.07, 6.45) is 0.212. The molecule has 0 aliphatic rings. The van der Waals surface area contributed by atoms with Gasteiger partial charge >= 0.3 is 0 Å². The van der Waals surface area contributed by atoms with Crippen molar-refractivity contribution in [2.24, 2.45) is 0 Å². The summed E-state index contributed by atoms with van der Waals surface area (Å²) in [5, 5.41) is 8.53. The normalized spacial score (nSPS) is 12.0. The van der Waals surface area contributed by atoms with Crippen LogP contribution in [0.25, 0.3) is 0 Å². The Bertz CT molecular complexity index is 47.7. The van der Waals surface area contributed by atoms with Crippen LogP contribution >= 0.6 is 0 Å². The molecule has 0 bridgehead atoms. The van der Waals surface area contributed by atoms with Crippen molar-refractivity contribution in [1.29, 1.82) is 0 Å². The van der Waals surface area contributed by atoms with E-state index in [0.29, 0.717) is 0 Å². The van der Waals surface area contributed by atoms with Crippen molar-refractivity contribution in [3.63, 3.8) is 0 Å². The molecule has 0 aliphatic heterocycles. The Morgan fingerprint density at radius 1 is 1.57 bits per heavy atom. The van der Waals surface area contributed by atoms with Crippen molar-refractivity contribution < 1.29 is 9.53 Å². The highest BCUT2D eigenvalue weighted by Crippen LogP contribution is 1.97. The fourth-order valence-corrected chi connectivity index (χ4v) is 0.194. The van der Waals surface area contributed by atoms with Crippen molar-refractivity contribution in [2.75, 3.05) is 13.3 Å². The molecule has 0 aromatic carbocycles. The van der Waals surface area contributed by atoms with Crippen LogP contribution in [0.4, 0.5) is 0 Å². The average molecular weight is 120 g/mol. The minimum absolute atomic E-state index is 0.212. The molecule has 0 atom stereocenters. The molecule has 0 radical (unpaired) electrons. The lowest BCUT2D eigenvalue weighted by atomic mass is 11.7. The molecule has 0 rings (SSSR count). The minimum atomic E-state index is -1.60. The predicted molar refractivity (Wildman–Crippen MR) is 31.6 cm³/mol. The van der Waals surface area contributed by atoms with Gasteiger partial charge in [0.1, 0.15) is 0 Å². The van der Waals surface area contributed by atoms with Gasteiger partial charge in [0.2, 0.25) is 8.32 Å². The van der Waals surface area contributed by atoms with Gasteiger partial charge in [0.25, 0.3) is 0 Å². The lowest BCUT2D eigenvalue weighted by molar-refractivity contribution is 0.305. The zero-order chi connectivity index (χ0) is 5.91. The maximum atomic E-state index is 8.53. The standard InChI is InChI=1S/C4H12O2Si/c1-6-7(2,3)4-5/h5H,4H2,1-3H3. The molecule has 0 amide bonds. The third-order valence-electron chi connectivity index (χ3n) is 0.933. The Labute approximate surface area is 45.2 Å². The summed E-state index contributed by atoms with van der Waals surface area (Å²) in [7, 11) is 0.0456. The molecule has 0 aliphatic carbocycles. The predicted octanol–water partition coefficient (Wildman–Crippen LogP) is 0.369. The monoisotopic (exact) mass is 120 g/mol. The number of aliphatic hydroxyl groups excluding tert-OH is 1. The van der Waals surface area contributed by atoms with E-state index in [1.165, 1.54) is 0 Å². The number of hydrogen-bond donors (Lipinski definition) is 1. The van der Waals surface area contributed by atoms with Gasteiger partial charge in [-0.2, -0.15) is 0 Å². The molecule has 44 valence electrons. The Hall–Kier alpha value is 0.137. The maximum absolute atomic E-state index is 8.53. The highest BCUT2D eigenvalue weighted by Gasteiger charge is 2.17. The summed E-state index contributed by atoms with van der Waals surface area (Å²) in [6.45, 7) is 3.93. The lowest BCUT2D eigenvalue weighted by Crippen LogP contribution is -2.33.